The lowest BCUT2D eigenvalue weighted by atomic mass is 9.99. The summed E-state index contributed by atoms with van der Waals surface area (Å²) in [6, 6.07) is 2.19. The first kappa shape index (κ1) is 14.1. The minimum absolute atomic E-state index is 0.112. The minimum atomic E-state index is 0.112. The van der Waals surface area contributed by atoms with E-state index < -0.39 is 0 Å². The van der Waals surface area contributed by atoms with Gasteiger partial charge >= 0.3 is 0 Å². The number of likely N-dealkylation sites (tertiary alicyclic amines) is 1. The van der Waals surface area contributed by atoms with Gasteiger partial charge in [0.15, 0.2) is 0 Å². The van der Waals surface area contributed by atoms with Gasteiger partial charge in [0.25, 0.3) is 5.91 Å². The van der Waals surface area contributed by atoms with Crippen molar-refractivity contribution in [2.45, 2.75) is 52.1 Å². The van der Waals surface area contributed by atoms with Gasteiger partial charge in [0.1, 0.15) is 5.69 Å². The molecule has 1 amide bonds. The van der Waals surface area contributed by atoms with Gasteiger partial charge < -0.3 is 10.6 Å². The monoisotopic (exact) mass is 264 g/mol. The van der Waals surface area contributed by atoms with E-state index in [1.165, 1.54) is 6.42 Å². The van der Waals surface area contributed by atoms with Gasteiger partial charge in [0.05, 0.1) is 5.69 Å². The Balaban J connectivity index is 2.20. The number of hydrogen-bond donors (Lipinski definition) is 1. The Morgan fingerprint density at radius 1 is 1.53 bits per heavy atom. The Bertz CT molecular complexity index is 439. The fraction of sp³-hybridized carbons (Fsp3) is 0.714. The number of hydrogen-bond acceptors (Lipinski definition) is 3. The number of aryl methyl sites for hydroxylation is 2. The maximum atomic E-state index is 12.7. The van der Waals surface area contributed by atoms with Crippen LogP contribution in [-0.2, 0) is 6.54 Å². The molecule has 2 heterocycles. The summed E-state index contributed by atoms with van der Waals surface area (Å²) < 4.78 is 1.80. The van der Waals surface area contributed by atoms with Crippen LogP contribution in [-0.4, -0.2) is 39.7 Å². The largest absolute Gasteiger partial charge is 0.334 e. The predicted octanol–water partition coefficient (Wildman–Crippen LogP) is 1.55. The molecular weight excluding hydrogens is 240 g/mol. The second-order valence-corrected chi connectivity index (χ2v) is 5.21. The molecule has 5 nitrogen and oxygen atoms in total. The van der Waals surface area contributed by atoms with Crippen LogP contribution in [0.15, 0.2) is 6.07 Å². The normalized spacial score (nSPS) is 19.7. The molecule has 5 heteroatoms. The topological polar surface area (TPSA) is 64.2 Å². The van der Waals surface area contributed by atoms with Gasteiger partial charge in [-0.2, -0.15) is 5.10 Å². The summed E-state index contributed by atoms with van der Waals surface area (Å²) in [5.74, 6) is 0.112. The van der Waals surface area contributed by atoms with Gasteiger partial charge in [-0.15, -0.1) is 0 Å². The lowest BCUT2D eigenvalue weighted by molar-refractivity contribution is 0.0592. The van der Waals surface area contributed by atoms with Crippen LogP contribution in [0, 0.1) is 6.92 Å². The number of piperidine rings is 1. The van der Waals surface area contributed by atoms with Gasteiger partial charge in [-0.1, -0.05) is 0 Å². The summed E-state index contributed by atoms with van der Waals surface area (Å²) >= 11 is 0. The molecule has 106 valence electrons. The lowest BCUT2D eigenvalue weighted by Gasteiger charge is -2.35. The Morgan fingerprint density at radius 3 is 3.00 bits per heavy atom. The minimum Gasteiger partial charge on any atom is -0.334 e. The van der Waals surface area contributed by atoms with Crippen LogP contribution in [0.4, 0.5) is 0 Å². The van der Waals surface area contributed by atoms with E-state index in [9.17, 15) is 4.79 Å². The van der Waals surface area contributed by atoms with E-state index in [0.29, 0.717) is 18.3 Å². The van der Waals surface area contributed by atoms with E-state index in [1.54, 1.807) is 4.68 Å². The van der Waals surface area contributed by atoms with Crippen molar-refractivity contribution in [3.8, 4) is 0 Å². The van der Waals surface area contributed by atoms with Crippen LogP contribution >= 0.6 is 0 Å². The molecule has 1 aliphatic heterocycles. The van der Waals surface area contributed by atoms with Gasteiger partial charge in [0, 0.05) is 19.1 Å². The fourth-order valence-corrected chi connectivity index (χ4v) is 2.87. The number of amides is 1. The van der Waals surface area contributed by atoms with Gasteiger partial charge in [-0.25, -0.2) is 0 Å². The number of nitrogens with zero attached hydrogens (tertiary/aromatic N) is 3. The zero-order chi connectivity index (χ0) is 13.8. The van der Waals surface area contributed by atoms with E-state index >= 15 is 0 Å². The average molecular weight is 264 g/mol. The van der Waals surface area contributed by atoms with Gasteiger partial charge in [0.2, 0.25) is 0 Å². The van der Waals surface area contributed by atoms with Crippen LogP contribution in [0.5, 0.6) is 0 Å². The van der Waals surface area contributed by atoms with E-state index in [-0.39, 0.29) is 5.91 Å². The maximum absolute atomic E-state index is 12.7. The van der Waals surface area contributed by atoms with Crippen LogP contribution in [0.25, 0.3) is 0 Å². The Kier molecular flexibility index (Phi) is 4.58. The van der Waals surface area contributed by atoms with Crippen LogP contribution in [0.3, 0.4) is 0 Å². The highest BCUT2D eigenvalue weighted by Gasteiger charge is 2.28. The van der Waals surface area contributed by atoms with E-state index in [2.05, 4.69) is 5.10 Å². The molecule has 1 aromatic rings. The van der Waals surface area contributed by atoms with E-state index in [4.69, 9.17) is 5.73 Å². The molecule has 1 aromatic heterocycles. The molecule has 19 heavy (non-hydrogen) atoms. The van der Waals surface area contributed by atoms with Crippen molar-refractivity contribution in [1.82, 2.24) is 14.7 Å². The molecule has 1 fully saturated rings. The summed E-state index contributed by atoms with van der Waals surface area (Å²) in [5.41, 5.74) is 7.28. The Labute approximate surface area is 114 Å². The molecule has 0 aliphatic carbocycles. The molecule has 2 rings (SSSR count). The highest BCUT2D eigenvalue weighted by atomic mass is 16.2. The van der Waals surface area contributed by atoms with Crippen molar-refractivity contribution >= 4 is 5.91 Å². The van der Waals surface area contributed by atoms with E-state index in [0.717, 1.165) is 38.0 Å². The molecule has 0 radical (unpaired) electrons. The lowest BCUT2D eigenvalue weighted by Crippen LogP contribution is -2.45. The zero-order valence-corrected chi connectivity index (χ0v) is 11.9. The summed E-state index contributed by atoms with van der Waals surface area (Å²) in [5, 5.41) is 4.36. The molecule has 0 saturated carbocycles. The SMILES string of the molecule is CCn1nc(C)cc1C(=O)N1CCCCC1CCN. The number of aromatic nitrogens is 2. The van der Waals surface area contributed by atoms with Crippen LogP contribution in [0.2, 0.25) is 0 Å². The number of rotatable bonds is 4. The third-order valence-electron chi connectivity index (χ3n) is 3.81. The first-order valence-corrected chi connectivity index (χ1v) is 7.22. The molecule has 1 atom stereocenters. The number of carbonyl (C=O) groups is 1. The quantitative estimate of drug-likeness (QED) is 0.897. The molecule has 2 N–H and O–H groups in total. The Morgan fingerprint density at radius 2 is 2.32 bits per heavy atom. The maximum Gasteiger partial charge on any atom is 0.272 e. The second-order valence-electron chi connectivity index (χ2n) is 5.21. The zero-order valence-electron chi connectivity index (χ0n) is 11.9. The van der Waals surface area contributed by atoms with Crippen molar-refractivity contribution < 1.29 is 4.79 Å². The van der Waals surface area contributed by atoms with Crippen molar-refractivity contribution in [3.63, 3.8) is 0 Å². The highest BCUT2D eigenvalue weighted by Crippen LogP contribution is 2.22. The van der Waals surface area contributed by atoms with Crippen LogP contribution < -0.4 is 5.73 Å². The van der Waals surface area contributed by atoms with Crippen LogP contribution in [0.1, 0.15) is 48.8 Å². The molecular formula is C14H24N4O. The summed E-state index contributed by atoms with van der Waals surface area (Å²) in [7, 11) is 0. The fourth-order valence-electron chi connectivity index (χ4n) is 2.87. The second kappa shape index (κ2) is 6.19. The summed E-state index contributed by atoms with van der Waals surface area (Å²) in [6.45, 7) is 6.15. The van der Waals surface area contributed by atoms with Gasteiger partial charge in [-0.3, -0.25) is 9.48 Å². The average Bonchev–Trinajstić information content (AvgIpc) is 2.80. The summed E-state index contributed by atoms with van der Waals surface area (Å²) in [6.07, 6.45) is 4.25. The summed E-state index contributed by atoms with van der Waals surface area (Å²) in [4.78, 5) is 14.7. The van der Waals surface area contributed by atoms with Crippen molar-refractivity contribution in [1.29, 1.82) is 0 Å². The standard InChI is InChI=1S/C14H24N4O/c1-3-18-13(10-11(2)16-18)14(19)17-9-5-4-6-12(17)7-8-15/h10,12H,3-9,15H2,1-2H3. The van der Waals surface area contributed by atoms with Crippen molar-refractivity contribution in [2.75, 3.05) is 13.1 Å². The molecule has 1 aliphatic rings. The Hall–Kier alpha value is -1.36. The molecule has 0 spiro atoms. The first-order valence-electron chi connectivity index (χ1n) is 7.22. The van der Waals surface area contributed by atoms with Crippen molar-refractivity contribution in [3.05, 3.63) is 17.5 Å². The first-order chi connectivity index (χ1) is 9.17. The predicted molar refractivity (Wildman–Crippen MR) is 75.0 cm³/mol. The van der Waals surface area contributed by atoms with Crippen molar-refractivity contribution in [2.24, 2.45) is 5.73 Å². The van der Waals surface area contributed by atoms with E-state index in [1.807, 2.05) is 24.8 Å². The third-order valence-corrected chi connectivity index (χ3v) is 3.81. The third kappa shape index (κ3) is 2.97. The molecule has 1 unspecified atom stereocenters. The molecule has 0 bridgehead atoms. The number of carbonyl (C=O) groups excluding carboxylic acids is 1. The van der Waals surface area contributed by atoms with Gasteiger partial charge in [-0.05, 0) is 52.1 Å². The molecule has 0 aromatic carbocycles. The molecule has 1 saturated heterocycles. The number of nitrogens with two attached hydrogens (primary N) is 1. The smallest absolute Gasteiger partial charge is 0.272 e. The highest BCUT2D eigenvalue weighted by molar-refractivity contribution is 5.93.